The van der Waals surface area contributed by atoms with Crippen molar-refractivity contribution in [3.05, 3.63) is 83.4 Å². The molecule has 196 valence electrons. The van der Waals surface area contributed by atoms with Gasteiger partial charge in [-0.1, -0.05) is 29.8 Å². The van der Waals surface area contributed by atoms with Gasteiger partial charge in [0.1, 0.15) is 5.75 Å². The molecule has 0 atom stereocenters. The molecule has 1 heterocycles. The minimum absolute atomic E-state index is 0.0536. The van der Waals surface area contributed by atoms with Gasteiger partial charge >= 0.3 is 0 Å². The average Bonchev–Trinajstić information content (AvgIpc) is 2.90. The molecule has 1 saturated heterocycles. The highest BCUT2D eigenvalue weighted by molar-refractivity contribution is 7.92. The highest BCUT2D eigenvalue weighted by Crippen LogP contribution is 2.26. The summed E-state index contributed by atoms with van der Waals surface area (Å²) in [7, 11) is -3.68. The number of nitrogens with zero attached hydrogens (tertiary/aromatic N) is 3. The maximum absolute atomic E-state index is 13.1. The second-order valence-electron chi connectivity index (χ2n) is 9.35. The SMILES string of the molecule is CCN(c1ccc(OCC(=O)N2CCN(c3cccc(C)c3C)CC2)cc1)S(=O)(=O)c1ccc(C)cc1. The third kappa shape index (κ3) is 5.91. The van der Waals surface area contributed by atoms with Crippen LogP contribution >= 0.6 is 0 Å². The molecule has 37 heavy (non-hydrogen) atoms. The van der Waals surface area contributed by atoms with E-state index < -0.39 is 10.0 Å². The predicted octanol–water partition coefficient (Wildman–Crippen LogP) is 4.55. The number of hydrogen-bond acceptors (Lipinski definition) is 5. The summed E-state index contributed by atoms with van der Waals surface area (Å²) in [5.41, 5.74) is 5.33. The minimum Gasteiger partial charge on any atom is -0.484 e. The zero-order valence-corrected chi connectivity index (χ0v) is 22.8. The van der Waals surface area contributed by atoms with Gasteiger partial charge in [0.25, 0.3) is 15.9 Å². The molecule has 0 aliphatic carbocycles. The lowest BCUT2D eigenvalue weighted by Gasteiger charge is -2.37. The number of anilines is 2. The van der Waals surface area contributed by atoms with E-state index in [1.807, 2.05) is 11.8 Å². The summed E-state index contributed by atoms with van der Waals surface area (Å²) < 4.78 is 33.4. The third-order valence-electron chi connectivity index (χ3n) is 6.93. The number of sulfonamides is 1. The Kier molecular flexibility index (Phi) is 8.07. The Morgan fingerprint density at radius 3 is 2.16 bits per heavy atom. The summed E-state index contributed by atoms with van der Waals surface area (Å²) in [6.07, 6.45) is 0. The topological polar surface area (TPSA) is 70.2 Å². The molecule has 1 aliphatic rings. The molecule has 0 saturated carbocycles. The molecule has 1 aliphatic heterocycles. The first-order valence-electron chi connectivity index (χ1n) is 12.6. The van der Waals surface area contributed by atoms with Gasteiger partial charge in [-0.2, -0.15) is 0 Å². The molecule has 0 radical (unpaired) electrons. The second kappa shape index (κ2) is 11.3. The fourth-order valence-corrected chi connectivity index (χ4v) is 6.02. The molecule has 1 fully saturated rings. The van der Waals surface area contributed by atoms with E-state index in [4.69, 9.17) is 4.74 Å². The van der Waals surface area contributed by atoms with Crippen LogP contribution in [0, 0.1) is 20.8 Å². The first-order chi connectivity index (χ1) is 17.7. The molecule has 7 nitrogen and oxygen atoms in total. The molecule has 8 heteroatoms. The fourth-order valence-electron chi connectivity index (χ4n) is 4.55. The van der Waals surface area contributed by atoms with Gasteiger partial charge in [0.05, 0.1) is 10.6 Å². The zero-order chi connectivity index (χ0) is 26.6. The van der Waals surface area contributed by atoms with E-state index in [0.717, 1.165) is 18.7 Å². The van der Waals surface area contributed by atoms with Crippen molar-refractivity contribution in [1.29, 1.82) is 0 Å². The van der Waals surface area contributed by atoms with Gasteiger partial charge in [0.15, 0.2) is 6.61 Å². The molecule has 1 amide bonds. The Hall–Kier alpha value is -3.52. The molecule has 0 N–H and O–H groups in total. The summed E-state index contributed by atoms with van der Waals surface area (Å²) in [6.45, 7) is 11.1. The number of benzene rings is 3. The monoisotopic (exact) mass is 521 g/mol. The van der Waals surface area contributed by atoms with Crippen molar-refractivity contribution in [2.75, 3.05) is 48.5 Å². The van der Waals surface area contributed by atoms with Gasteiger partial charge in [-0.25, -0.2) is 8.42 Å². The summed E-state index contributed by atoms with van der Waals surface area (Å²) >= 11 is 0. The van der Waals surface area contributed by atoms with Crippen molar-refractivity contribution in [3.63, 3.8) is 0 Å². The Morgan fingerprint density at radius 2 is 1.54 bits per heavy atom. The van der Waals surface area contributed by atoms with Crippen molar-refractivity contribution in [2.45, 2.75) is 32.6 Å². The smallest absolute Gasteiger partial charge is 0.264 e. The summed E-state index contributed by atoms with van der Waals surface area (Å²) in [4.78, 5) is 17.2. The van der Waals surface area contributed by atoms with Crippen molar-refractivity contribution >= 4 is 27.3 Å². The standard InChI is InChI=1S/C29H35N3O4S/c1-5-32(37(34,35)27-15-9-22(2)10-16-27)25-11-13-26(14-12-25)36-21-29(33)31-19-17-30(18-20-31)28-8-6-7-23(3)24(28)4/h6-16H,5,17-21H2,1-4H3. The maximum Gasteiger partial charge on any atom is 0.264 e. The lowest BCUT2D eigenvalue weighted by atomic mass is 10.1. The normalized spacial score (nSPS) is 13.9. The van der Waals surface area contributed by atoms with E-state index in [1.54, 1.807) is 55.5 Å². The quantitative estimate of drug-likeness (QED) is 0.435. The first kappa shape index (κ1) is 26.5. The minimum atomic E-state index is -3.68. The van der Waals surface area contributed by atoms with Crippen LogP contribution in [0.4, 0.5) is 11.4 Å². The number of ether oxygens (including phenoxy) is 1. The molecule has 3 aromatic rings. The van der Waals surface area contributed by atoms with E-state index in [9.17, 15) is 13.2 Å². The number of amides is 1. The lowest BCUT2D eigenvalue weighted by Crippen LogP contribution is -2.50. The molecule has 0 spiro atoms. The van der Waals surface area contributed by atoms with Gasteiger partial charge in [-0.3, -0.25) is 9.10 Å². The number of piperazine rings is 1. The van der Waals surface area contributed by atoms with Crippen LogP contribution in [0.1, 0.15) is 23.6 Å². The van der Waals surface area contributed by atoms with Crippen LogP contribution in [0.25, 0.3) is 0 Å². The molecule has 0 bridgehead atoms. The molecule has 0 unspecified atom stereocenters. The van der Waals surface area contributed by atoms with Crippen LogP contribution < -0.4 is 13.9 Å². The van der Waals surface area contributed by atoms with Crippen molar-refractivity contribution in [3.8, 4) is 5.75 Å². The van der Waals surface area contributed by atoms with Crippen LogP contribution in [-0.2, 0) is 14.8 Å². The Labute approximate surface area is 220 Å². The predicted molar refractivity (Wildman–Crippen MR) is 148 cm³/mol. The Bertz CT molecular complexity index is 1330. The summed E-state index contributed by atoms with van der Waals surface area (Å²) in [5, 5.41) is 0. The number of hydrogen-bond donors (Lipinski definition) is 0. The molecular weight excluding hydrogens is 486 g/mol. The largest absolute Gasteiger partial charge is 0.484 e. The van der Waals surface area contributed by atoms with E-state index >= 15 is 0 Å². The van der Waals surface area contributed by atoms with E-state index in [-0.39, 0.29) is 17.4 Å². The second-order valence-corrected chi connectivity index (χ2v) is 11.2. The van der Waals surface area contributed by atoms with E-state index in [0.29, 0.717) is 31.1 Å². The van der Waals surface area contributed by atoms with E-state index in [2.05, 4.69) is 36.9 Å². The fraction of sp³-hybridized carbons (Fsp3) is 0.345. The molecular formula is C29H35N3O4S. The van der Waals surface area contributed by atoms with Crippen LogP contribution in [0.3, 0.4) is 0 Å². The molecule has 3 aromatic carbocycles. The van der Waals surface area contributed by atoms with Gasteiger partial charge in [-0.15, -0.1) is 0 Å². The lowest BCUT2D eigenvalue weighted by molar-refractivity contribution is -0.133. The van der Waals surface area contributed by atoms with Gasteiger partial charge in [0.2, 0.25) is 0 Å². The van der Waals surface area contributed by atoms with Crippen molar-refractivity contribution in [1.82, 2.24) is 4.90 Å². The van der Waals surface area contributed by atoms with Crippen molar-refractivity contribution < 1.29 is 17.9 Å². The van der Waals surface area contributed by atoms with Crippen LogP contribution in [0.15, 0.2) is 71.6 Å². The number of carbonyl (C=O) groups excluding carboxylic acids is 1. The van der Waals surface area contributed by atoms with Crippen molar-refractivity contribution in [2.24, 2.45) is 0 Å². The van der Waals surface area contributed by atoms with Gasteiger partial charge < -0.3 is 14.5 Å². The van der Waals surface area contributed by atoms with Gasteiger partial charge in [0, 0.05) is 38.4 Å². The maximum atomic E-state index is 13.1. The van der Waals surface area contributed by atoms with E-state index in [1.165, 1.54) is 21.1 Å². The molecule has 4 rings (SSSR count). The van der Waals surface area contributed by atoms with Crippen LogP contribution in [0.2, 0.25) is 0 Å². The highest BCUT2D eigenvalue weighted by Gasteiger charge is 2.24. The number of carbonyl (C=O) groups is 1. The summed E-state index contributed by atoms with van der Waals surface area (Å²) in [5.74, 6) is 0.469. The Morgan fingerprint density at radius 1 is 0.892 bits per heavy atom. The third-order valence-corrected chi connectivity index (χ3v) is 8.85. The number of aryl methyl sites for hydroxylation is 2. The Balaban J connectivity index is 1.33. The zero-order valence-electron chi connectivity index (χ0n) is 22.0. The highest BCUT2D eigenvalue weighted by atomic mass is 32.2. The van der Waals surface area contributed by atoms with Gasteiger partial charge in [-0.05, 0) is 81.3 Å². The van der Waals surface area contributed by atoms with Crippen LogP contribution in [-0.4, -0.2) is 58.6 Å². The average molecular weight is 522 g/mol. The van der Waals surface area contributed by atoms with Crippen LogP contribution in [0.5, 0.6) is 5.75 Å². The first-order valence-corrected chi connectivity index (χ1v) is 14.1. The number of rotatable bonds is 8. The summed E-state index contributed by atoms with van der Waals surface area (Å²) in [6, 6.07) is 20.0. The molecule has 0 aromatic heterocycles.